The van der Waals surface area contributed by atoms with Crippen molar-refractivity contribution in [2.45, 2.75) is 13.5 Å². The van der Waals surface area contributed by atoms with E-state index < -0.39 is 0 Å². The van der Waals surface area contributed by atoms with Gasteiger partial charge in [0.05, 0.1) is 10.6 Å². The van der Waals surface area contributed by atoms with Crippen molar-refractivity contribution in [2.24, 2.45) is 0 Å². The average molecular weight is 296 g/mol. The number of nitrogens with zero attached hydrogens (tertiary/aromatic N) is 2. The van der Waals surface area contributed by atoms with Gasteiger partial charge in [-0.15, -0.1) is 0 Å². The number of halogens is 2. The lowest BCUT2D eigenvalue weighted by atomic mass is 10.1. The van der Waals surface area contributed by atoms with Crippen molar-refractivity contribution in [3.63, 3.8) is 0 Å². The zero-order valence-corrected chi connectivity index (χ0v) is 11.7. The van der Waals surface area contributed by atoms with Crippen LogP contribution in [0.4, 0.5) is 0 Å². The highest BCUT2D eigenvalue weighted by Gasteiger charge is 2.11. The number of amides is 1. The molecule has 0 spiro atoms. The van der Waals surface area contributed by atoms with E-state index in [0.29, 0.717) is 12.1 Å². The van der Waals surface area contributed by atoms with Gasteiger partial charge in [-0.2, -0.15) is 0 Å². The Balaban J connectivity index is 2.10. The molecule has 0 unspecified atom stereocenters. The summed E-state index contributed by atoms with van der Waals surface area (Å²) in [7, 11) is 0. The summed E-state index contributed by atoms with van der Waals surface area (Å²) < 4.78 is 0. The second-order valence-electron chi connectivity index (χ2n) is 3.97. The van der Waals surface area contributed by atoms with Crippen LogP contribution in [0.25, 0.3) is 0 Å². The van der Waals surface area contributed by atoms with Gasteiger partial charge in [0.25, 0.3) is 5.91 Å². The molecule has 0 bridgehead atoms. The van der Waals surface area contributed by atoms with E-state index in [1.165, 1.54) is 12.3 Å². The van der Waals surface area contributed by atoms with Crippen LogP contribution >= 0.6 is 23.2 Å². The molecular weight excluding hydrogens is 285 g/mol. The molecule has 2 heterocycles. The molecule has 0 saturated heterocycles. The third-order valence-corrected chi connectivity index (χ3v) is 3.15. The van der Waals surface area contributed by atoms with Crippen LogP contribution in [0.1, 0.15) is 21.5 Å². The van der Waals surface area contributed by atoms with Gasteiger partial charge in [-0.05, 0) is 30.2 Å². The quantitative estimate of drug-likeness (QED) is 0.886. The van der Waals surface area contributed by atoms with Crippen molar-refractivity contribution in [1.29, 1.82) is 0 Å². The standard InChI is InChI=1S/C13H11Cl2N3O/c1-8-5-16-3-2-9(8)6-18-13(19)10-4-12(15)17-7-11(10)14/h2-5,7H,6H2,1H3,(H,18,19). The Kier molecular flexibility index (Phi) is 4.35. The molecule has 98 valence electrons. The first-order valence-corrected chi connectivity index (χ1v) is 6.32. The van der Waals surface area contributed by atoms with Crippen molar-refractivity contribution in [3.05, 3.63) is 57.6 Å². The van der Waals surface area contributed by atoms with E-state index in [1.54, 1.807) is 12.4 Å². The predicted octanol–water partition coefficient (Wildman–Crippen LogP) is 3.02. The minimum Gasteiger partial charge on any atom is -0.348 e. The van der Waals surface area contributed by atoms with Gasteiger partial charge in [0.2, 0.25) is 0 Å². The third-order valence-electron chi connectivity index (χ3n) is 2.64. The van der Waals surface area contributed by atoms with Gasteiger partial charge in [0.15, 0.2) is 0 Å². The minimum absolute atomic E-state index is 0.231. The summed E-state index contributed by atoms with van der Waals surface area (Å²) in [5.41, 5.74) is 2.33. The third kappa shape index (κ3) is 3.43. The largest absolute Gasteiger partial charge is 0.348 e. The Morgan fingerprint density at radius 1 is 1.37 bits per heavy atom. The second-order valence-corrected chi connectivity index (χ2v) is 4.77. The van der Waals surface area contributed by atoms with E-state index >= 15 is 0 Å². The maximum atomic E-state index is 12.0. The Morgan fingerprint density at radius 3 is 2.89 bits per heavy atom. The molecule has 0 aliphatic carbocycles. The number of pyridine rings is 2. The van der Waals surface area contributed by atoms with E-state index in [2.05, 4.69) is 15.3 Å². The first-order valence-electron chi connectivity index (χ1n) is 5.56. The molecule has 2 rings (SSSR count). The molecule has 0 saturated carbocycles. The number of hydrogen-bond acceptors (Lipinski definition) is 3. The molecule has 19 heavy (non-hydrogen) atoms. The molecule has 6 heteroatoms. The number of aryl methyl sites for hydroxylation is 1. The van der Waals surface area contributed by atoms with E-state index in [-0.39, 0.29) is 16.1 Å². The van der Waals surface area contributed by atoms with Crippen molar-refractivity contribution in [3.8, 4) is 0 Å². The summed E-state index contributed by atoms with van der Waals surface area (Å²) in [6.07, 6.45) is 4.79. The fraction of sp³-hybridized carbons (Fsp3) is 0.154. The number of rotatable bonds is 3. The van der Waals surface area contributed by atoms with E-state index in [0.717, 1.165) is 11.1 Å². The van der Waals surface area contributed by atoms with Gasteiger partial charge in [-0.1, -0.05) is 23.2 Å². The van der Waals surface area contributed by atoms with E-state index in [9.17, 15) is 4.79 Å². The molecule has 0 fully saturated rings. The van der Waals surface area contributed by atoms with Crippen LogP contribution in [0.3, 0.4) is 0 Å². The molecule has 1 N–H and O–H groups in total. The van der Waals surface area contributed by atoms with Crippen LogP contribution in [-0.2, 0) is 6.54 Å². The monoisotopic (exact) mass is 295 g/mol. The smallest absolute Gasteiger partial charge is 0.253 e. The molecule has 1 amide bonds. The molecule has 0 aliphatic rings. The van der Waals surface area contributed by atoms with E-state index in [4.69, 9.17) is 23.2 Å². The highest BCUT2D eigenvalue weighted by atomic mass is 35.5. The molecule has 0 atom stereocenters. The Labute approximate surface area is 120 Å². The number of aromatic nitrogens is 2. The SMILES string of the molecule is Cc1cnccc1CNC(=O)c1cc(Cl)ncc1Cl. The topological polar surface area (TPSA) is 54.9 Å². The second kappa shape index (κ2) is 5.99. The van der Waals surface area contributed by atoms with Crippen molar-refractivity contribution < 1.29 is 4.79 Å². The maximum Gasteiger partial charge on any atom is 0.253 e. The lowest BCUT2D eigenvalue weighted by Crippen LogP contribution is -2.23. The number of hydrogen-bond donors (Lipinski definition) is 1. The summed E-state index contributed by atoms with van der Waals surface area (Å²) in [4.78, 5) is 19.8. The van der Waals surface area contributed by atoms with E-state index in [1.807, 2.05) is 13.0 Å². The van der Waals surface area contributed by atoms with Gasteiger partial charge in [-0.3, -0.25) is 9.78 Å². The molecule has 4 nitrogen and oxygen atoms in total. The van der Waals surface area contributed by atoms with Crippen LogP contribution in [0.5, 0.6) is 0 Å². The molecule has 0 aliphatic heterocycles. The summed E-state index contributed by atoms with van der Waals surface area (Å²) in [5.74, 6) is -0.287. The lowest BCUT2D eigenvalue weighted by molar-refractivity contribution is 0.0951. The Hall–Kier alpha value is -1.65. The highest BCUT2D eigenvalue weighted by Crippen LogP contribution is 2.18. The summed E-state index contributed by atoms with van der Waals surface area (Å²) in [5, 5.41) is 3.29. The van der Waals surface area contributed by atoms with Gasteiger partial charge >= 0.3 is 0 Å². The van der Waals surface area contributed by atoms with Crippen molar-refractivity contribution in [1.82, 2.24) is 15.3 Å². The summed E-state index contributed by atoms with van der Waals surface area (Å²) in [6, 6.07) is 3.30. The summed E-state index contributed by atoms with van der Waals surface area (Å²) in [6.45, 7) is 2.34. The Morgan fingerprint density at radius 2 is 2.16 bits per heavy atom. The predicted molar refractivity (Wildman–Crippen MR) is 74.4 cm³/mol. The fourth-order valence-corrected chi connectivity index (χ4v) is 1.91. The zero-order chi connectivity index (χ0) is 13.8. The number of nitrogens with one attached hydrogen (secondary N) is 1. The van der Waals surface area contributed by atoms with Crippen molar-refractivity contribution >= 4 is 29.1 Å². The lowest BCUT2D eigenvalue weighted by Gasteiger charge is -2.08. The molecule has 0 radical (unpaired) electrons. The van der Waals surface area contributed by atoms with Gasteiger partial charge in [0, 0.05) is 25.1 Å². The van der Waals surface area contributed by atoms with Crippen LogP contribution < -0.4 is 5.32 Å². The van der Waals surface area contributed by atoms with Crippen LogP contribution in [0, 0.1) is 6.92 Å². The van der Waals surface area contributed by atoms with Crippen LogP contribution in [0.2, 0.25) is 10.2 Å². The number of carbonyl (C=O) groups excluding carboxylic acids is 1. The molecule has 2 aromatic heterocycles. The Bertz CT molecular complexity index is 617. The van der Waals surface area contributed by atoms with Gasteiger partial charge < -0.3 is 5.32 Å². The van der Waals surface area contributed by atoms with Crippen LogP contribution in [-0.4, -0.2) is 15.9 Å². The maximum absolute atomic E-state index is 12.0. The molecular formula is C13H11Cl2N3O. The average Bonchev–Trinajstić information content (AvgIpc) is 2.40. The first kappa shape index (κ1) is 13.8. The van der Waals surface area contributed by atoms with Gasteiger partial charge in [-0.25, -0.2) is 4.98 Å². The summed E-state index contributed by atoms with van der Waals surface area (Å²) >= 11 is 11.7. The normalized spacial score (nSPS) is 10.3. The fourth-order valence-electron chi connectivity index (χ4n) is 1.56. The first-order chi connectivity index (χ1) is 9.08. The van der Waals surface area contributed by atoms with Crippen LogP contribution in [0.15, 0.2) is 30.7 Å². The number of carbonyl (C=O) groups is 1. The molecule has 2 aromatic rings. The minimum atomic E-state index is -0.287. The molecule has 0 aromatic carbocycles. The van der Waals surface area contributed by atoms with Gasteiger partial charge in [0.1, 0.15) is 5.15 Å². The van der Waals surface area contributed by atoms with Crippen molar-refractivity contribution in [2.75, 3.05) is 0 Å². The highest BCUT2D eigenvalue weighted by molar-refractivity contribution is 6.35. The zero-order valence-electron chi connectivity index (χ0n) is 10.2.